The Morgan fingerprint density at radius 3 is 2.26 bits per heavy atom. The van der Waals surface area contributed by atoms with Gasteiger partial charge in [-0.15, -0.1) is 0 Å². The predicted molar refractivity (Wildman–Crippen MR) is 76.8 cm³/mol. The zero-order chi connectivity index (χ0) is 17.3. The van der Waals surface area contributed by atoms with Crippen molar-refractivity contribution >= 4 is 10.0 Å². The molecule has 0 atom stereocenters. The summed E-state index contributed by atoms with van der Waals surface area (Å²) in [5, 5.41) is 8.90. The second kappa shape index (κ2) is 6.06. The molecule has 0 saturated heterocycles. The summed E-state index contributed by atoms with van der Waals surface area (Å²) in [5.74, 6) is 0. The van der Waals surface area contributed by atoms with Crippen LogP contribution >= 0.6 is 0 Å². The van der Waals surface area contributed by atoms with Gasteiger partial charge in [0.25, 0.3) is 0 Å². The number of aromatic nitrogens is 1. The molecule has 2 rings (SSSR count). The van der Waals surface area contributed by atoms with Crippen molar-refractivity contribution in [2.45, 2.75) is 11.1 Å². The van der Waals surface area contributed by atoms with Gasteiger partial charge in [0, 0.05) is 12.7 Å². The number of hydrogen-bond acceptors (Lipinski definition) is 3. The SMILES string of the molecule is Cn1c(C#N)ccc1-c1ccc(S(=O)(=O)NCC(F)(F)F)cc1. The molecule has 0 unspecified atom stereocenters. The van der Waals surface area contributed by atoms with Crippen LogP contribution < -0.4 is 4.72 Å². The van der Waals surface area contributed by atoms with Gasteiger partial charge in [-0.1, -0.05) is 12.1 Å². The number of alkyl halides is 3. The molecule has 0 radical (unpaired) electrons. The van der Waals surface area contributed by atoms with Gasteiger partial charge in [0.15, 0.2) is 0 Å². The number of hydrogen-bond donors (Lipinski definition) is 1. The molecular formula is C14H12F3N3O2S. The molecule has 0 fully saturated rings. The van der Waals surface area contributed by atoms with Gasteiger partial charge in [-0.2, -0.15) is 18.4 Å². The van der Waals surface area contributed by atoms with Gasteiger partial charge < -0.3 is 4.57 Å². The monoisotopic (exact) mass is 343 g/mol. The smallest absolute Gasteiger partial charge is 0.335 e. The first-order chi connectivity index (χ1) is 10.6. The Labute approximate surface area is 131 Å². The van der Waals surface area contributed by atoms with E-state index in [9.17, 15) is 21.6 Å². The fourth-order valence-corrected chi connectivity index (χ4v) is 2.99. The molecule has 1 aromatic heterocycles. The number of sulfonamides is 1. The molecule has 23 heavy (non-hydrogen) atoms. The van der Waals surface area contributed by atoms with Crippen molar-refractivity contribution in [1.82, 2.24) is 9.29 Å². The molecule has 0 aliphatic carbocycles. The number of rotatable bonds is 4. The highest BCUT2D eigenvalue weighted by atomic mass is 32.2. The summed E-state index contributed by atoms with van der Waals surface area (Å²) in [6.07, 6.45) is -4.62. The molecule has 9 heteroatoms. The number of halogens is 3. The maximum absolute atomic E-state index is 12.1. The zero-order valence-corrected chi connectivity index (χ0v) is 12.7. The Morgan fingerprint density at radius 2 is 1.78 bits per heavy atom. The van der Waals surface area contributed by atoms with Crippen molar-refractivity contribution in [2.75, 3.05) is 6.54 Å². The van der Waals surface area contributed by atoms with Crippen molar-refractivity contribution in [3.63, 3.8) is 0 Å². The standard InChI is InChI=1S/C14H12F3N3O2S/c1-20-11(8-18)4-7-13(20)10-2-5-12(6-3-10)23(21,22)19-9-14(15,16)17/h2-7,19H,9H2,1H3. The minimum atomic E-state index is -4.62. The summed E-state index contributed by atoms with van der Waals surface area (Å²) in [5.41, 5.74) is 1.76. The van der Waals surface area contributed by atoms with Gasteiger partial charge >= 0.3 is 6.18 Å². The van der Waals surface area contributed by atoms with Crippen LogP contribution in [0.1, 0.15) is 5.69 Å². The van der Waals surface area contributed by atoms with Crippen molar-refractivity contribution in [3.8, 4) is 17.3 Å². The Bertz CT molecular complexity index is 847. The Hall–Kier alpha value is -2.31. The van der Waals surface area contributed by atoms with Gasteiger partial charge in [0.1, 0.15) is 18.3 Å². The molecular weight excluding hydrogens is 331 g/mol. The van der Waals surface area contributed by atoms with Gasteiger partial charge in [0.2, 0.25) is 10.0 Å². The summed E-state index contributed by atoms with van der Waals surface area (Å²) in [7, 11) is -2.55. The molecule has 0 aliphatic rings. The molecule has 2 aromatic rings. The minimum Gasteiger partial charge on any atom is -0.335 e. The summed E-state index contributed by atoms with van der Waals surface area (Å²) in [6, 6.07) is 10.7. The lowest BCUT2D eigenvalue weighted by Gasteiger charge is -2.10. The predicted octanol–water partition coefficient (Wildman–Crippen LogP) is 2.40. The van der Waals surface area contributed by atoms with Crippen LogP contribution in [0.4, 0.5) is 13.2 Å². The Balaban J connectivity index is 2.26. The summed E-state index contributed by atoms with van der Waals surface area (Å²) < 4.78 is 63.0. The van der Waals surface area contributed by atoms with Crippen LogP contribution in [0.2, 0.25) is 0 Å². The average molecular weight is 343 g/mol. The molecule has 1 aromatic carbocycles. The third-order valence-corrected chi connectivity index (χ3v) is 4.58. The van der Waals surface area contributed by atoms with Gasteiger partial charge in [-0.05, 0) is 29.8 Å². The van der Waals surface area contributed by atoms with Crippen LogP contribution in [0, 0.1) is 11.3 Å². The van der Waals surface area contributed by atoms with Crippen LogP contribution in [-0.4, -0.2) is 25.7 Å². The highest BCUT2D eigenvalue weighted by Crippen LogP contribution is 2.23. The third-order valence-electron chi connectivity index (χ3n) is 3.16. The van der Waals surface area contributed by atoms with Crippen molar-refractivity contribution in [3.05, 3.63) is 42.1 Å². The molecule has 122 valence electrons. The number of nitrogens with one attached hydrogen (secondary N) is 1. The van der Waals surface area contributed by atoms with Crippen LogP contribution in [0.15, 0.2) is 41.3 Å². The van der Waals surface area contributed by atoms with Crippen LogP contribution in [0.3, 0.4) is 0 Å². The fourth-order valence-electron chi connectivity index (χ4n) is 1.98. The van der Waals surface area contributed by atoms with Crippen LogP contribution in [-0.2, 0) is 17.1 Å². The summed E-state index contributed by atoms with van der Waals surface area (Å²) >= 11 is 0. The molecule has 1 heterocycles. The van der Waals surface area contributed by atoms with Gasteiger partial charge in [0.05, 0.1) is 4.90 Å². The Kier molecular flexibility index (Phi) is 4.49. The first kappa shape index (κ1) is 17.1. The van der Waals surface area contributed by atoms with Gasteiger partial charge in [-0.3, -0.25) is 0 Å². The van der Waals surface area contributed by atoms with E-state index in [4.69, 9.17) is 5.26 Å². The van der Waals surface area contributed by atoms with E-state index in [1.165, 1.54) is 29.0 Å². The van der Waals surface area contributed by atoms with E-state index >= 15 is 0 Å². The first-order valence-corrected chi connectivity index (χ1v) is 7.85. The minimum absolute atomic E-state index is 0.264. The molecule has 0 amide bonds. The lowest BCUT2D eigenvalue weighted by Crippen LogP contribution is -2.33. The zero-order valence-electron chi connectivity index (χ0n) is 11.9. The molecule has 0 spiro atoms. The van der Waals surface area contributed by atoms with E-state index < -0.39 is 22.7 Å². The molecule has 0 aliphatic heterocycles. The molecule has 0 saturated carbocycles. The van der Waals surface area contributed by atoms with E-state index in [-0.39, 0.29) is 4.90 Å². The Morgan fingerprint density at radius 1 is 1.17 bits per heavy atom. The number of benzene rings is 1. The van der Waals surface area contributed by atoms with Crippen molar-refractivity contribution < 1.29 is 21.6 Å². The lowest BCUT2D eigenvalue weighted by atomic mass is 10.1. The van der Waals surface area contributed by atoms with E-state index in [1.54, 1.807) is 23.7 Å². The number of nitrogens with zero attached hydrogens (tertiary/aromatic N) is 2. The highest BCUT2D eigenvalue weighted by Gasteiger charge is 2.30. The maximum atomic E-state index is 12.1. The van der Waals surface area contributed by atoms with E-state index in [1.807, 2.05) is 6.07 Å². The van der Waals surface area contributed by atoms with E-state index in [0.717, 1.165) is 0 Å². The summed E-state index contributed by atoms with van der Waals surface area (Å²) in [6.45, 7) is -1.62. The van der Waals surface area contributed by atoms with Crippen molar-refractivity contribution in [1.29, 1.82) is 5.26 Å². The second-order valence-electron chi connectivity index (χ2n) is 4.74. The lowest BCUT2D eigenvalue weighted by molar-refractivity contribution is -0.121. The topological polar surface area (TPSA) is 74.9 Å². The van der Waals surface area contributed by atoms with Crippen LogP contribution in [0.5, 0.6) is 0 Å². The van der Waals surface area contributed by atoms with Gasteiger partial charge in [-0.25, -0.2) is 13.1 Å². The maximum Gasteiger partial charge on any atom is 0.402 e. The van der Waals surface area contributed by atoms with E-state index in [2.05, 4.69) is 0 Å². The average Bonchev–Trinajstić information content (AvgIpc) is 2.86. The normalized spacial score (nSPS) is 12.1. The quantitative estimate of drug-likeness (QED) is 0.926. The summed E-state index contributed by atoms with van der Waals surface area (Å²) in [4.78, 5) is -0.264. The highest BCUT2D eigenvalue weighted by molar-refractivity contribution is 7.89. The molecule has 1 N–H and O–H groups in total. The second-order valence-corrected chi connectivity index (χ2v) is 6.51. The van der Waals surface area contributed by atoms with Crippen molar-refractivity contribution in [2.24, 2.45) is 7.05 Å². The molecule has 5 nitrogen and oxygen atoms in total. The van der Waals surface area contributed by atoms with E-state index in [0.29, 0.717) is 17.0 Å². The van der Waals surface area contributed by atoms with Crippen LogP contribution in [0.25, 0.3) is 11.3 Å². The third kappa shape index (κ3) is 3.91. The largest absolute Gasteiger partial charge is 0.402 e. The number of nitriles is 1. The fraction of sp³-hybridized carbons (Fsp3) is 0.214. The first-order valence-electron chi connectivity index (χ1n) is 6.37. The molecule has 0 bridgehead atoms.